The van der Waals surface area contributed by atoms with Crippen LogP contribution in [0.4, 0.5) is 11.4 Å². The minimum atomic E-state index is -0.167. The Hall–Kier alpha value is -2.83. The van der Waals surface area contributed by atoms with Crippen LogP contribution in [0.1, 0.15) is 24.8 Å². The predicted molar refractivity (Wildman–Crippen MR) is 122 cm³/mol. The van der Waals surface area contributed by atoms with E-state index in [4.69, 9.17) is 9.98 Å². The van der Waals surface area contributed by atoms with E-state index in [0.29, 0.717) is 12.4 Å². The summed E-state index contributed by atoms with van der Waals surface area (Å²) in [6.07, 6.45) is 0.779. The van der Waals surface area contributed by atoms with Crippen LogP contribution >= 0.6 is 0 Å². The molecule has 1 amide bonds. The molecular formula is C24H29N5O. The molecule has 0 aliphatic carbocycles. The quantitative estimate of drug-likeness (QED) is 0.852. The first kappa shape index (κ1) is 20.4. The van der Waals surface area contributed by atoms with Gasteiger partial charge in [-0.15, -0.1) is 0 Å². The monoisotopic (exact) mass is 403 g/mol. The van der Waals surface area contributed by atoms with Gasteiger partial charge >= 0.3 is 0 Å². The van der Waals surface area contributed by atoms with Gasteiger partial charge < -0.3 is 10.2 Å². The number of hydrogen-bond acceptors (Lipinski definition) is 5. The van der Waals surface area contributed by atoms with E-state index in [2.05, 4.69) is 41.2 Å². The lowest BCUT2D eigenvalue weighted by atomic mass is 9.91. The van der Waals surface area contributed by atoms with Crippen LogP contribution in [0.25, 0.3) is 0 Å². The van der Waals surface area contributed by atoms with Crippen LogP contribution in [-0.4, -0.2) is 67.0 Å². The fourth-order valence-corrected chi connectivity index (χ4v) is 4.00. The number of para-hydroxylation sites is 2. The normalized spacial score (nSPS) is 20.0. The van der Waals surface area contributed by atoms with E-state index in [1.165, 1.54) is 0 Å². The van der Waals surface area contributed by atoms with Crippen LogP contribution in [0.2, 0.25) is 0 Å². The van der Waals surface area contributed by atoms with Gasteiger partial charge in [0.15, 0.2) is 0 Å². The first-order chi connectivity index (χ1) is 14.6. The van der Waals surface area contributed by atoms with Crippen molar-refractivity contribution >= 4 is 28.8 Å². The van der Waals surface area contributed by atoms with Crippen LogP contribution in [0.5, 0.6) is 0 Å². The molecule has 6 nitrogen and oxygen atoms in total. The first-order valence-electron chi connectivity index (χ1n) is 10.6. The summed E-state index contributed by atoms with van der Waals surface area (Å²) < 4.78 is 0. The molecule has 1 fully saturated rings. The summed E-state index contributed by atoms with van der Waals surface area (Å²) >= 11 is 0. The highest BCUT2D eigenvalue weighted by molar-refractivity contribution is 6.17. The smallest absolute Gasteiger partial charge is 0.239 e. The molecule has 0 radical (unpaired) electrons. The molecule has 30 heavy (non-hydrogen) atoms. The maximum Gasteiger partial charge on any atom is 0.239 e. The molecule has 0 spiro atoms. The highest BCUT2D eigenvalue weighted by Gasteiger charge is 2.28. The molecule has 2 aromatic carbocycles. The Balaban J connectivity index is 1.64. The fraction of sp³-hybridized carbons (Fsp3) is 0.375. The summed E-state index contributed by atoms with van der Waals surface area (Å²) in [5, 5.41) is 3.15. The van der Waals surface area contributed by atoms with E-state index in [-0.39, 0.29) is 11.8 Å². The van der Waals surface area contributed by atoms with E-state index in [1.54, 1.807) is 0 Å². The Morgan fingerprint density at radius 2 is 1.60 bits per heavy atom. The van der Waals surface area contributed by atoms with Gasteiger partial charge in [0.2, 0.25) is 5.91 Å². The average molecular weight is 404 g/mol. The summed E-state index contributed by atoms with van der Waals surface area (Å²) in [6.45, 7) is 6.27. The first-order valence-corrected chi connectivity index (χ1v) is 10.6. The number of carbonyl (C=O) groups is 1. The molecule has 6 heteroatoms. The molecule has 0 aromatic heterocycles. The summed E-state index contributed by atoms with van der Waals surface area (Å²) in [6, 6.07) is 18.0. The molecule has 0 bridgehead atoms. The number of rotatable bonds is 4. The number of likely N-dealkylation sites (N-methyl/N-ethyl adjacent to an activating group) is 1. The lowest BCUT2D eigenvalue weighted by Crippen LogP contribution is -2.49. The number of amides is 1. The topological polar surface area (TPSA) is 60.3 Å². The Labute approximate surface area is 178 Å². The van der Waals surface area contributed by atoms with Crippen molar-refractivity contribution in [2.24, 2.45) is 9.98 Å². The number of aliphatic imine (C=N–C) groups is 2. The van der Waals surface area contributed by atoms with Crippen molar-refractivity contribution in [2.75, 3.05) is 39.8 Å². The van der Waals surface area contributed by atoms with Crippen molar-refractivity contribution in [1.82, 2.24) is 15.1 Å². The minimum Gasteiger partial charge on any atom is -0.312 e. The third-order valence-corrected chi connectivity index (χ3v) is 5.72. The molecule has 2 aliphatic rings. The van der Waals surface area contributed by atoms with Crippen molar-refractivity contribution in [2.45, 2.75) is 19.3 Å². The number of carbonyl (C=O) groups excluding carboxylic acids is 1. The highest BCUT2D eigenvalue weighted by Crippen LogP contribution is 2.34. The maximum absolute atomic E-state index is 13.0. The highest BCUT2D eigenvalue weighted by atomic mass is 16.2. The molecule has 2 aromatic rings. The average Bonchev–Trinajstić information content (AvgIpc) is 2.92. The van der Waals surface area contributed by atoms with Crippen LogP contribution in [0, 0.1) is 0 Å². The summed E-state index contributed by atoms with van der Waals surface area (Å²) in [5.41, 5.74) is 3.73. The second-order valence-electron chi connectivity index (χ2n) is 7.91. The number of benzene rings is 2. The van der Waals surface area contributed by atoms with Gasteiger partial charge in [0.25, 0.3) is 0 Å². The van der Waals surface area contributed by atoms with Crippen molar-refractivity contribution in [3.8, 4) is 0 Å². The van der Waals surface area contributed by atoms with Gasteiger partial charge in [-0.1, -0.05) is 49.4 Å². The number of hydrogen-bond donors (Lipinski definition) is 1. The molecular weight excluding hydrogens is 374 g/mol. The Morgan fingerprint density at radius 1 is 0.967 bits per heavy atom. The van der Waals surface area contributed by atoms with Crippen molar-refractivity contribution in [3.05, 3.63) is 60.2 Å². The molecule has 156 valence electrons. The third kappa shape index (κ3) is 4.66. The number of nitrogens with zero attached hydrogens (tertiary/aromatic N) is 4. The molecule has 2 aliphatic heterocycles. The predicted octanol–water partition coefficient (Wildman–Crippen LogP) is 3.36. The van der Waals surface area contributed by atoms with Gasteiger partial charge in [-0.3, -0.25) is 14.7 Å². The Kier molecular flexibility index (Phi) is 6.35. The molecule has 1 atom stereocenters. The largest absolute Gasteiger partial charge is 0.312 e. The van der Waals surface area contributed by atoms with E-state index in [0.717, 1.165) is 55.2 Å². The lowest BCUT2D eigenvalue weighted by molar-refractivity contribution is -0.121. The van der Waals surface area contributed by atoms with E-state index < -0.39 is 0 Å². The SMILES string of the molecule is CCC1=Nc2ccccc2N=C(NC(=O)CN2CCN(C)CC2)[C@@H]1c1ccccc1. The molecule has 0 saturated carbocycles. The number of amidine groups is 1. The lowest BCUT2D eigenvalue weighted by Gasteiger charge is -2.32. The fourth-order valence-electron chi connectivity index (χ4n) is 4.00. The summed E-state index contributed by atoms with van der Waals surface area (Å²) in [7, 11) is 2.12. The summed E-state index contributed by atoms with van der Waals surface area (Å²) in [4.78, 5) is 27.3. The number of fused-ring (bicyclic) bond motifs is 1. The molecule has 2 heterocycles. The zero-order chi connectivity index (χ0) is 20.9. The van der Waals surface area contributed by atoms with Crippen molar-refractivity contribution in [3.63, 3.8) is 0 Å². The van der Waals surface area contributed by atoms with Gasteiger partial charge in [0.1, 0.15) is 5.84 Å². The third-order valence-electron chi connectivity index (χ3n) is 5.72. The standard InChI is InChI=1S/C24H29N5O/c1-3-19-23(18-9-5-4-6-10-18)24(26-21-12-8-7-11-20(21)25-19)27-22(30)17-29-15-13-28(2)14-16-29/h4-12,23H,3,13-17H2,1-2H3,(H,26,27,30)/t23-/m1/s1. The second-order valence-corrected chi connectivity index (χ2v) is 7.91. The minimum absolute atomic E-state index is 0.0194. The van der Waals surface area contributed by atoms with Crippen LogP contribution in [0.3, 0.4) is 0 Å². The Bertz CT molecular complexity index is 945. The van der Waals surface area contributed by atoms with Gasteiger partial charge in [-0.2, -0.15) is 0 Å². The second kappa shape index (κ2) is 9.32. The van der Waals surface area contributed by atoms with E-state index in [9.17, 15) is 4.79 Å². The van der Waals surface area contributed by atoms with Crippen LogP contribution < -0.4 is 5.32 Å². The van der Waals surface area contributed by atoms with E-state index >= 15 is 0 Å². The maximum atomic E-state index is 13.0. The molecule has 1 N–H and O–H groups in total. The summed E-state index contributed by atoms with van der Waals surface area (Å²) in [5.74, 6) is 0.472. The van der Waals surface area contributed by atoms with Gasteiger partial charge in [0.05, 0.1) is 23.8 Å². The van der Waals surface area contributed by atoms with Crippen LogP contribution in [0.15, 0.2) is 64.6 Å². The molecule has 1 saturated heterocycles. The van der Waals surface area contributed by atoms with Gasteiger partial charge in [-0.25, -0.2) is 4.99 Å². The van der Waals surface area contributed by atoms with E-state index in [1.807, 2.05) is 42.5 Å². The zero-order valence-corrected chi connectivity index (χ0v) is 17.7. The Morgan fingerprint density at radius 3 is 2.27 bits per heavy atom. The van der Waals surface area contributed by atoms with Gasteiger partial charge in [-0.05, 0) is 31.2 Å². The zero-order valence-electron chi connectivity index (χ0n) is 17.7. The van der Waals surface area contributed by atoms with Crippen LogP contribution in [-0.2, 0) is 4.79 Å². The van der Waals surface area contributed by atoms with Gasteiger partial charge in [0, 0.05) is 31.9 Å². The molecule has 0 unspecified atom stereocenters. The van der Waals surface area contributed by atoms with Crippen molar-refractivity contribution in [1.29, 1.82) is 0 Å². The number of piperazine rings is 1. The number of nitrogens with one attached hydrogen (secondary N) is 1. The molecule has 4 rings (SSSR count). The van der Waals surface area contributed by atoms with Crippen molar-refractivity contribution < 1.29 is 4.79 Å².